The Labute approximate surface area is 198 Å². The lowest BCUT2D eigenvalue weighted by Gasteiger charge is -2.30. The summed E-state index contributed by atoms with van der Waals surface area (Å²) >= 11 is 12.5. The van der Waals surface area contributed by atoms with Crippen molar-refractivity contribution in [3.63, 3.8) is 0 Å². The SMILES string of the molecule is Cn1c(C(=O)NC2(c3ccc(C(=O)C=[N+]=N)cc3C#N)CCOC2)cc2c(Cl)c(Cl)ccc21. The molecule has 0 bridgehead atoms. The largest absolute Gasteiger partial charge is 0.379 e. The van der Waals surface area contributed by atoms with E-state index in [0.29, 0.717) is 39.7 Å². The molecule has 8 nitrogen and oxygen atoms in total. The normalized spacial score (nSPS) is 17.4. The summed E-state index contributed by atoms with van der Waals surface area (Å²) in [6, 6.07) is 11.9. The van der Waals surface area contributed by atoms with E-state index < -0.39 is 11.3 Å². The lowest BCUT2D eigenvalue weighted by molar-refractivity contribution is -0.111. The van der Waals surface area contributed by atoms with Gasteiger partial charge in [0.1, 0.15) is 5.69 Å². The summed E-state index contributed by atoms with van der Waals surface area (Å²) in [6.45, 7) is 0.569. The van der Waals surface area contributed by atoms with Crippen LogP contribution in [0.4, 0.5) is 0 Å². The summed E-state index contributed by atoms with van der Waals surface area (Å²) in [5.74, 6) is -0.850. The van der Waals surface area contributed by atoms with Crippen LogP contribution in [-0.2, 0) is 17.3 Å². The van der Waals surface area contributed by atoms with Gasteiger partial charge in [0.2, 0.25) is 0 Å². The van der Waals surface area contributed by atoms with E-state index in [9.17, 15) is 14.9 Å². The van der Waals surface area contributed by atoms with Crippen molar-refractivity contribution in [3.8, 4) is 6.07 Å². The molecule has 1 saturated heterocycles. The van der Waals surface area contributed by atoms with Gasteiger partial charge in [-0.15, -0.1) is 0 Å². The average Bonchev–Trinajstić information content (AvgIpc) is 3.41. The highest BCUT2D eigenvalue weighted by molar-refractivity contribution is 6.45. The molecular weight excluding hydrogens is 465 g/mol. The van der Waals surface area contributed by atoms with Gasteiger partial charge in [0, 0.05) is 36.5 Å². The number of amides is 1. The van der Waals surface area contributed by atoms with Gasteiger partial charge in [0.15, 0.2) is 0 Å². The van der Waals surface area contributed by atoms with Crippen molar-refractivity contribution >= 4 is 52.0 Å². The Morgan fingerprint density at radius 2 is 2.09 bits per heavy atom. The molecule has 0 spiro atoms. The number of carbonyl (C=O) groups excluding carboxylic acids is 2. The van der Waals surface area contributed by atoms with Crippen LogP contribution in [0, 0.1) is 16.9 Å². The average molecular weight is 483 g/mol. The van der Waals surface area contributed by atoms with Crippen LogP contribution in [-0.4, -0.2) is 40.5 Å². The van der Waals surface area contributed by atoms with Gasteiger partial charge in [0.25, 0.3) is 11.7 Å². The smallest absolute Gasteiger partial charge is 0.377 e. The number of hydrogen-bond donors (Lipinski definition) is 2. The van der Waals surface area contributed by atoms with Gasteiger partial charge < -0.3 is 14.6 Å². The molecule has 0 aliphatic carbocycles. The van der Waals surface area contributed by atoms with Crippen LogP contribution < -0.4 is 5.32 Å². The zero-order valence-corrected chi connectivity index (χ0v) is 19.0. The minimum absolute atomic E-state index is 0.172. The van der Waals surface area contributed by atoms with Crippen molar-refractivity contribution in [2.75, 3.05) is 13.2 Å². The first-order chi connectivity index (χ1) is 15.8. The van der Waals surface area contributed by atoms with Gasteiger partial charge in [-0.2, -0.15) is 5.26 Å². The quantitative estimate of drug-likeness (QED) is 0.247. The zero-order valence-electron chi connectivity index (χ0n) is 17.5. The molecule has 1 atom stereocenters. The highest BCUT2D eigenvalue weighted by atomic mass is 35.5. The fourth-order valence-corrected chi connectivity index (χ4v) is 4.51. The molecule has 10 heteroatoms. The molecule has 33 heavy (non-hydrogen) atoms. The summed E-state index contributed by atoms with van der Waals surface area (Å²) in [6.07, 6.45) is 1.31. The Hall–Kier alpha value is -3.47. The number of Topliss-reactive ketones (excluding diaryl/α,β-unsaturated/α-hetero) is 1. The molecule has 2 heterocycles. The first kappa shape index (κ1) is 22.7. The second kappa shape index (κ2) is 8.81. The number of hydrogen-bond acceptors (Lipinski definition) is 5. The molecule has 0 radical (unpaired) electrons. The Morgan fingerprint density at radius 1 is 1.30 bits per heavy atom. The zero-order chi connectivity index (χ0) is 23.8. The molecule has 1 unspecified atom stereocenters. The number of rotatable bonds is 5. The minimum atomic E-state index is -0.953. The fourth-order valence-electron chi connectivity index (χ4n) is 4.13. The second-order valence-electron chi connectivity index (χ2n) is 7.72. The predicted molar refractivity (Wildman–Crippen MR) is 122 cm³/mol. The van der Waals surface area contributed by atoms with Crippen LogP contribution in [0.3, 0.4) is 0 Å². The minimum Gasteiger partial charge on any atom is -0.379 e. The summed E-state index contributed by atoms with van der Waals surface area (Å²) in [7, 11) is 1.76. The molecule has 1 aliphatic rings. The Kier molecular flexibility index (Phi) is 6.07. The molecule has 166 valence electrons. The van der Waals surface area contributed by atoms with Crippen molar-refractivity contribution in [1.82, 2.24) is 9.88 Å². The molecule has 1 aromatic heterocycles. The lowest BCUT2D eigenvalue weighted by atomic mass is 9.84. The maximum atomic E-state index is 13.4. The second-order valence-corrected chi connectivity index (χ2v) is 8.50. The van der Waals surface area contributed by atoms with E-state index in [1.807, 2.05) is 0 Å². The highest BCUT2D eigenvalue weighted by Gasteiger charge is 2.41. The number of ether oxygens (including phenoxy) is 1. The molecule has 1 amide bonds. The van der Waals surface area contributed by atoms with Crippen LogP contribution in [0.5, 0.6) is 0 Å². The summed E-state index contributed by atoms with van der Waals surface area (Å²) in [5.41, 5.74) is 8.02. The van der Waals surface area contributed by atoms with E-state index in [2.05, 4.69) is 16.2 Å². The van der Waals surface area contributed by atoms with Crippen molar-refractivity contribution in [3.05, 3.63) is 68.8 Å². The molecule has 1 fully saturated rings. The van der Waals surface area contributed by atoms with Crippen molar-refractivity contribution in [2.45, 2.75) is 12.0 Å². The highest BCUT2D eigenvalue weighted by Crippen LogP contribution is 2.35. The lowest BCUT2D eigenvalue weighted by Crippen LogP contribution is -2.47. The van der Waals surface area contributed by atoms with Crippen molar-refractivity contribution in [1.29, 1.82) is 10.8 Å². The third kappa shape index (κ3) is 3.92. The molecule has 2 aromatic carbocycles. The van der Waals surface area contributed by atoms with E-state index in [0.717, 1.165) is 11.7 Å². The third-order valence-electron chi connectivity index (χ3n) is 5.84. The number of aryl methyl sites for hydroxylation is 1. The molecule has 2 N–H and O–H groups in total. The summed E-state index contributed by atoms with van der Waals surface area (Å²) < 4.78 is 7.33. The van der Waals surface area contributed by atoms with Crippen molar-refractivity contribution in [2.24, 2.45) is 7.05 Å². The van der Waals surface area contributed by atoms with Gasteiger partial charge in [-0.3, -0.25) is 9.59 Å². The first-order valence-electron chi connectivity index (χ1n) is 9.94. The van der Waals surface area contributed by atoms with Gasteiger partial charge in [-0.05, 0) is 29.8 Å². The maximum Gasteiger partial charge on any atom is 0.377 e. The van der Waals surface area contributed by atoms with E-state index in [1.165, 1.54) is 6.07 Å². The maximum absolute atomic E-state index is 13.4. The van der Waals surface area contributed by atoms with Gasteiger partial charge in [0.05, 0.1) is 44.1 Å². The van der Waals surface area contributed by atoms with Gasteiger partial charge in [-0.25, -0.2) is 0 Å². The Morgan fingerprint density at radius 3 is 2.76 bits per heavy atom. The summed E-state index contributed by atoms with van der Waals surface area (Å²) in [5, 5.41) is 14.2. The van der Waals surface area contributed by atoms with Gasteiger partial charge in [-0.1, -0.05) is 35.3 Å². The molecular formula is C23H18Cl2N5O3+. The predicted octanol–water partition coefficient (Wildman–Crippen LogP) is 3.90. The Bertz CT molecular complexity index is 1390. The summed E-state index contributed by atoms with van der Waals surface area (Å²) in [4.78, 5) is 28.4. The molecule has 0 saturated carbocycles. The fraction of sp³-hybridized carbons (Fsp3) is 0.217. The Balaban J connectivity index is 1.75. The van der Waals surface area contributed by atoms with Crippen LogP contribution in [0.2, 0.25) is 10.0 Å². The number of fused-ring (bicyclic) bond motifs is 1. The van der Waals surface area contributed by atoms with E-state index >= 15 is 0 Å². The number of nitriles is 1. The van der Waals surface area contributed by atoms with E-state index in [-0.39, 0.29) is 23.6 Å². The molecule has 4 rings (SSSR count). The number of carbonyl (C=O) groups is 2. The number of nitrogens with zero attached hydrogens (tertiary/aromatic N) is 3. The molecule has 3 aromatic rings. The van der Waals surface area contributed by atoms with E-state index in [1.54, 1.807) is 41.9 Å². The van der Waals surface area contributed by atoms with Crippen LogP contribution >= 0.6 is 23.2 Å². The number of benzene rings is 2. The topological polar surface area (TPSA) is 122 Å². The number of aromatic nitrogens is 1. The van der Waals surface area contributed by atoms with Crippen molar-refractivity contribution < 1.29 is 19.1 Å². The monoisotopic (exact) mass is 482 g/mol. The van der Waals surface area contributed by atoms with Crippen LogP contribution in [0.1, 0.15) is 38.4 Å². The molecule has 1 aliphatic heterocycles. The third-order valence-corrected chi connectivity index (χ3v) is 6.66. The van der Waals surface area contributed by atoms with E-state index in [4.69, 9.17) is 33.5 Å². The van der Waals surface area contributed by atoms with Crippen LogP contribution in [0.25, 0.3) is 10.9 Å². The number of ketones is 1. The first-order valence-corrected chi connectivity index (χ1v) is 10.7. The van der Waals surface area contributed by atoms with Crippen LogP contribution in [0.15, 0.2) is 36.4 Å². The number of nitrogens with one attached hydrogen (secondary N) is 2. The standard InChI is InChI=1S/C23H17Cl2N5O3/c1-30-18-5-4-17(24)21(25)15(18)9-19(30)22(32)29-23(6-7-33-12-23)16-3-2-13(8-14(16)10-26)20(31)11-28-27/h2-5,8-9,11,27H,6-7,12H2,1H3/p+1. The number of halogens is 2. The van der Waals surface area contributed by atoms with Gasteiger partial charge >= 0.3 is 6.21 Å².